The van der Waals surface area contributed by atoms with Crippen LogP contribution in [0.1, 0.15) is 11.1 Å². The van der Waals surface area contributed by atoms with Crippen LogP contribution < -0.4 is 0 Å². The van der Waals surface area contributed by atoms with Gasteiger partial charge < -0.3 is 5.11 Å². The largest absolute Gasteiger partial charge is 0.507 e. The Kier molecular flexibility index (Phi) is 3.28. The summed E-state index contributed by atoms with van der Waals surface area (Å²) in [4.78, 5) is 0. The van der Waals surface area contributed by atoms with Gasteiger partial charge in [0.05, 0.1) is 5.71 Å². The number of phenolic OH excluding ortho intramolecular Hbond substituents is 1. The minimum Gasteiger partial charge on any atom is -0.507 e. The van der Waals surface area contributed by atoms with Crippen molar-refractivity contribution in [3.8, 4) is 5.75 Å². The third-order valence-corrected chi connectivity index (χ3v) is 3.82. The first-order valence-electron chi connectivity index (χ1n) is 6.22. The Morgan fingerprint density at radius 3 is 2.35 bits per heavy atom. The molecule has 0 fully saturated rings. The SMILES string of the molecule is N=C(c1ccc(Br)cc1)c1c(O)ccc2ccccc12. The predicted molar refractivity (Wildman–Crippen MR) is 85.7 cm³/mol. The fourth-order valence-electron chi connectivity index (χ4n) is 2.28. The minimum absolute atomic E-state index is 0.136. The summed E-state index contributed by atoms with van der Waals surface area (Å²) in [6, 6.07) is 18.8. The molecule has 0 spiro atoms. The lowest BCUT2D eigenvalue weighted by Gasteiger charge is -2.11. The van der Waals surface area contributed by atoms with Crippen molar-refractivity contribution in [2.45, 2.75) is 0 Å². The summed E-state index contributed by atoms with van der Waals surface area (Å²) in [5, 5.41) is 20.4. The molecule has 0 bridgehead atoms. The molecule has 0 aliphatic carbocycles. The lowest BCUT2D eigenvalue weighted by Crippen LogP contribution is -2.02. The standard InChI is InChI=1S/C17H12BrNO/c18-13-8-5-12(6-9-13)17(19)16-14-4-2-1-3-11(14)7-10-15(16)20/h1-10,19-20H. The molecule has 0 saturated heterocycles. The minimum atomic E-state index is 0.136. The maximum absolute atomic E-state index is 10.1. The highest BCUT2D eigenvalue weighted by molar-refractivity contribution is 9.10. The summed E-state index contributed by atoms with van der Waals surface area (Å²) in [7, 11) is 0. The molecule has 3 aromatic rings. The topological polar surface area (TPSA) is 44.1 Å². The van der Waals surface area contributed by atoms with E-state index < -0.39 is 0 Å². The molecule has 0 aliphatic rings. The normalized spacial score (nSPS) is 10.7. The highest BCUT2D eigenvalue weighted by Crippen LogP contribution is 2.29. The predicted octanol–water partition coefficient (Wildman–Crippen LogP) is 4.72. The van der Waals surface area contributed by atoms with E-state index in [4.69, 9.17) is 5.41 Å². The van der Waals surface area contributed by atoms with Gasteiger partial charge in [-0.25, -0.2) is 0 Å². The average molecular weight is 326 g/mol. The van der Waals surface area contributed by atoms with Gasteiger partial charge in [-0.1, -0.05) is 58.4 Å². The molecule has 3 aromatic carbocycles. The molecule has 20 heavy (non-hydrogen) atoms. The molecule has 0 aliphatic heterocycles. The molecule has 0 saturated carbocycles. The zero-order valence-electron chi connectivity index (χ0n) is 10.6. The van der Waals surface area contributed by atoms with Crippen molar-refractivity contribution in [3.05, 3.63) is 76.3 Å². The average Bonchev–Trinajstić information content (AvgIpc) is 2.47. The fourth-order valence-corrected chi connectivity index (χ4v) is 2.55. The quantitative estimate of drug-likeness (QED) is 0.657. The molecular weight excluding hydrogens is 314 g/mol. The van der Waals surface area contributed by atoms with Crippen LogP contribution in [-0.4, -0.2) is 10.8 Å². The molecule has 98 valence electrons. The number of halogens is 1. The Hall–Kier alpha value is -2.13. The number of aromatic hydroxyl groups is 1. The second kappa shape index (κ2) is 5.10. The Labute approximate surface area is 125 Å². The molecule has 0 atom stereocenters. The number of rotatable bonds is 2. The zero-order valence-corrected chi connectivity index (χ0v) is 12.2. The zero-order chi connectivity index (χ0) is 14.1. The van der Waals surface area contributed by atoms with Crippen molar-refractivity contribution in [2.24, 2.45) is 0 Å². The first kappa shape index (κ1) is 12.9. The maximum Gasteiger partial charge on any atom is 0.125 e. The van der Waals surface area contributed by atoms with Crippen molar-refractivity contribution in [1.29, 1.82) is 5.41 Å². The number of phenols is 1. The molecule has 0 aromatic heterocycles. The maximum atomic E-state index is 10.1. The van der Waals surface area contributed by atoms with Gasteiger partial charge in [0, 0.05) is 15.6 Å². The van der Waals surface area contributed by atoms with Gasteiger partial charge in [0.25, 0.3) is 0 Å². The van der Waals surface area contributed by atoms with Crippen LogP contribution >= 0.6 is 15.9 Å². The van der Waals surface area contributed by atoms with E-state index in [9.17, 15) is 5.11 Å². The molecule has 2 N–H and O–H groups in total. The third kappa shape index (κ3) is 2.21. The van der Waals surface area contributed by atoms with E-state index in [1.807, 2.05) is 54.6 Å². The van der Waals surface area contributed by atoms with Gasteiger partial charge in [-0.15, -0.1) is 0 Å². The van der Waals surface area contributed by atoms with Gasteiger partial charge in [0.15, 0.2) is 0 Å². The van der Waals surface area contributed by atoms with Crippen LogP contribution in [0.5, 0.6) is 5.75 Å². The Morgan fingerprint density at radius 2 is 1.60 bits per heavy atom. The molecule has 2 nitrogen and oxygen atoms in total. The van der Waals surface area contributed by atoms with E-state index in [-0.39, 0.29) is 5.75 Å². The van der Waals surface area contributed by atoms with Crippen molar-refractivity contribution in [3.63, 3.8) is 0 Å². The second-order valence-electron chi connectivity index (χ2n) is 4.56. The summed E-state index contributed by atoms with van der Waals surface area (Å²) < 4.78 is 0.969. The van der Waals surface area contributed by atoms with Crippen molar-refractivity contribution in [1.82, 2.24) is 0 Å². The molecule has 0 radical (unpaired) electrons. The van der Waals surface area contributed by atoms with Crippen LogP contribution in [0.4, 0.5) is 0 Å². The Balaban J connectivity index is 2.21. The molecule has 3 heteroatoms. The van der Waals surface area contributed by atoms with Crippen LogP contribution in [0, 0.1) is 5.41 Å². The van der Waals surface area contributed by atoms with E-state index in [2.05, 4.69) is 15.9 Å². The molecule has 0 unspecified atom stereocenters. The van der Waals surface area contributed by atoms with Crippen molar-refractivity contribution < 1.29 is 5.11 Å². The van der Waals surface area contributed by atoms with E-state index >= 15 is 0 Å². The molecular formula is C17H12BrNO. The first-order valence-corrected chi connectivity index (χ1v) is 7.01. The van der Waals surface area contributed by atoms with Crippen LogP contribution in [0.3, 0.4) is 0 Å². The number of fused-ring (bicyclic) bond motifs is 1. The van der Waals surface area contributed by atoms with Gasteiger partial charge in [-0.2, -0.15) is 0 Å². The lowest BCUT2D eigenvalue weighted by atomic mass is 9.96. The highest BCUT2D eigenvalue weighted by Gasteiger charge is 2.13. The van der Waals surface area contributed by atoms with Crippen LogP contribution in [0.15, 0.2) is 65.1 Å². The summed E-state index contributed by atoms with van der Waals surface area (Å²) in [5.74, 6) is 0.136. The third-order valence-electron chi connectivity index (χ3n) is 3.29. The fraction of sp³-hybridized carbons (Fsp3) is 0. The van der Waals surface area contributed by atoms with E-state index in [0.717, 1.165) is 20.8 Å². The van der Waals surface area contributed by atoms with Crippen LogP contribution in [-0.2, 0) is 0 Å². The second-order valence-corrected chi connectivity index (χ2v) is 5.48. The van der Waals surface area contributed by atoms with Gasteiger partial charge in [0.2, 0.25) is 0 Å². The van der Waals surface area contributed by atoms with Crippen LogP contribution in [0.2, 0.25) is 0 Å². The number of hydrogen-bond donors (Lipinski definition) is 2. The Morgan fingerprint density at radius 1 is 0.900 bits per heavy atom. The van der Waals surface area contributed by atoms with Gasteiger partial charge in [-0.05, 0) is 29.0 Å². The number of nitrogens with one attached hydrogen (secondary N) is 1. The first-order chi connectivity index (χ1) is 9.66. The number of benzene rings is 3. The highest BCUT2D eigenvalue weighted by atomic mass is 79.9. The van der Waals surface area contributed by atoms with E-state index in [1.165, 1.54) is 0 Å². The number of hydrogen-bond acceptors (Lipinski definition) is 2. The van der Waals surface area contributed by atoms with Crippen molar-refractivity contribution >= 4 is 32.4 Å². The summed E-state index contributed by atoms with van der Waals surface area (Å²) in [6.45, 7) is 0. The molecule has 3 rings (SSSR count). The molecule has 0 heterocycles. The van der Waals surface area contributed by atoms with E-state index in [0.29, 0.717) is 11.3 Å². The van der Waals surface area contributed by atoms with Crippen LogP contribution in [0.25, 0.3) is 10.8 Å². The monoisotopic (exact) mass is 325 g/mol. The summed E-state index contributed by atoms with van der Waals surface area (Å²) in [5.41, 5.74) is 1.68. The summed E-state index contributed by atoms with van der Waals surface area (Å²) in [6.07, 6.45) is 0. The molecule has 0 amide bonds. The summed E-state index contributed by atoms with van der Waals surface area (Å²) >= 11 is 3.39. The van der Waals surface area contributed by atoms with Gasteiger partial charge in [0.1, 0.15) is 5.75 Å². The van der Waals surface area contributed by atoms with Gasteiger partial charge in [-0.3, -0.25) is 5.41 Å². The van der Waals surface area contributed by atoms with Crippen molar-refractivity contribution in [2.75, 3.05) is 0 Å². The Bertz CT molecular complexity index is 794. The van der Waals surface area contributed by atoms with Gasteiger partial charge >= 0.3 is 0 Å². The lowest BCUT2D eigenvalue weighted by molar-refractivity contribution is 0.475. The van der Waals surface area contributed by atoms with E-state index in [1.54, 1.807) is 6.07 Å². The smallest absolute Gasteiger partial charge is 0.125 e.